The van der Waals surface area contributed by atoms with Gasteiger partial charge >= 0.3 is 12.1 Å². The Kier molecular flexibility index (Phi) is 8.31. The largest absolute Gasteiger partial charge is 0.490 e. The van der Waals surface area contributed by atoms with Crippen LogP contribution in [-0.4, -0.2) is 72.1 Å². The number of nitrogens with zero attached hydrogens (tertiary/aromatic N) is 2. The lowest BCUT2D eigenvalue weighted by Crippen LogP contribution is -2.54. The number of aliphatic carboxylic acids is 1. The quantitative estimate of drug-likeness (QED) is 0.741. The molecule has 3 saturated heterocycles. The lowest BCUT2D eigenvalue weighted by molar-refractivity contribution is -0.209. The number of hydroxylamine groups is 2. The average Bonchev–Trinajstić information content (AvgIpc) is 3.26. The van der Waals surface area contributed by atoms with E-state index in [-0.39, 0.29) is 17.9 Å². The first-order valence-electron chi connectivity index (χ1n) is 10.4. The molecule has 0 radical (unpaired) electrons. The minimum atomic E-state index is -5.08. The van der Waals surface area contributed by atoms with Crippen molar-refractivity contribution in [1.29, 1.82) is 0 Å². The van der Waals surface area contributed by atoms with Crippen LogP contribution in [0.3, 0.4) is 0 Å². The number of halogens is 3. The molecule has 1 N–H and O–H groups in total. The van der Waals surface area contributed by atoms with Crippen molar-refractivity contribution >= 4 is 23.2 Å². The van der Waals surface area contributed by atoms with Gasteiger partial charge in [-0.25, -0.2) is 9.86 Å². The van der Waals surface area contributed by atoms with Crippen molar-refractivity contribution in [1.82, 2.24) is 9.96 Å². The first-order valence-corrected chi connectivity index (χ1v) is 11.2. The molecule has 3 aliphatic rings. The molecule has 7 nitrogen and oxygen atoms in total. The fraction of sp³-hybridized carbons (Fsp3) is 0.700. The van der Waals surface area contributed by atoms with Gasteiger partial charge in [0, 0.05) is 49.5 Å². The van der Waals surface area contributed by atoms with Gasteiger partial charge in [0.25, 0.3) is 0 Å². The maximum Gasteiger partial charge on any atom is 0.490 e. The van der Waals surface area contributed by atoms with E-state index < -0.39 is 12.1 Å². The fourth-order valence-corrected chi connectivity index (χ4v) is 4.96. The van der Waals surface area contributed by atoms with Crippen molar-refractivity contribution in [2.24, 2.45) is 11.8 Å². The van der Waals surface area contributed by atoms with Crippen molar-refractivity contribution in [2.75, 3.05) is 32.8 Å². The van der Waals surface area contributed by atoms with Crippen LogP contribution in [0.4, 0.5) is 13.2 Å². The predicted molar refractivity (Wildman–Crippen MR) is 106 cm³/mol. The Balaban J connectivity index is 0.000000339. The monoisotopic (exact) mass is 464 g/mol. The molecule has 11 heteroatoms. The summed E-state index contributed by atoms with van der Waals surface area (Å²) in [5, 5.41) is 10.9. The Bertz CT molecular complexity index is 725. The van der Waals surface area contributed by atoms with Crippen molar-refractivity contribution in [2.45, 2.75) is 44.5 Å². The number of fused-ring (bicyclic) bond motifs is 1. The molecule has 0 aromatic carbocycles. The molecule has 3 fully saturated rings. The van der Waals surface area contributed by atoms with Gasteiger partial charge in [0.2, 0.25) is 5.91 Å². The highest BCUT2D eigenvalue weighted by Gasteiger charge is 2.43. The summed E-state index contributed by atoms with van der Waals surface area (Å²) < 4.78 is 37.7. The van der Waals surface area contributed by atoms with Crippen LogP contribution in [-0.2, 0) is 25.7 Å². The fourth-order valence-electron chi connectivity index (χ4n) is 4.21. The van der Waals surface area contributed by atoms with Crippen molar-refractivity contribution in [3.05, 3.63) is 22.4 Å². The number of ether oxygens (including phenoxy) is 1. The molecule has 31 heavy (non-hydrogen) atoms. The van der Waals surface area contributed by atoms with Crippen LogP contribution >= 0.6 is 11.3 Å². The summed E-state index contributed by atoms with van der Waals surface area (Å²) in [7, 11) is 0. The van der Waals surface area contributed by atoms with E-state index in [9.17, 15) is 18.0 Å². The van der Waals surface area contributed by atoms with Gasteiger partial charge in [0.15, 0.2) is 0 Å². The number of amides is 1. The van der Waals surface area contributed by atoms with Crippen LogP contribution in [0.1, 0.15) is 30.6 Å². The summed E-state index contributed by atoms with van der Waals surface area (Å²) in [5.41, 5.74) is 0. The topological polar surface area (TPSA) is 79.3 Å². The highest BCUT2D eigenvalue weighted by Crippen LogP contribution is 2.35. The summed E-state index contributed by atoms with van der Waals surface area (Å²) >= 11 is 1.81. The summed E-state index contributed by atoms with van der Waals surface area (Å²) in [6, 6.07) is 4.30. The normalized spacial score (nSPS) is 27.1. The number of likely N-dealkylation sites (tertiary alicyclic amines) is 1. The number of carboxylic acids is 1. The number of alkyl halides is 3. The van der Waals surface area contributed by atoms with Crippen LogP contribution in [0.2, 0.25) is 0 Å². The van der Waals surface area contributed by atoms with Gasteiger partial charge in [-0.15, -0.1) is 11.3 Å². The highest BCUT2D eigenvalue weighted by atomic mass is 32.1. The van der Waals surface area contributed by atoms with E-state index in [0.29, 0.717) is 19.1 Å². The number of hydrogen-bond donors (Lipinski definition) is 1. The molecular weight excluding hydrogens is 437 g/mol. The Morgan fingerprint density at radius 3 is 2.58 bits per heavy atom. The lowest BCUT2D eigenvalue weighted by Gasteiger charge is -2.45. The van der Waals surface area contributed by atoms with Gasteiger partial charge < -0.3 is 9.84 Å². The number of rotatable bonds is 3. The van der Waals surface area contributed by atoms with Crippen molar-refractivity contribution < 1.29 is 37.4 Å². The van der Waals surface area contributed by atoms with E-state index in [2.05, 4.69) is 22.4 Å². The number of thiophene rings is 1. The Hall–Kier alpha value is -1.69. The van der Waals surface area contributed by atoms with Crippen LogP contribution in [0.15, 0.2) is 17.5 Å². The average molecular weight is 465 g/mol. The van der Waals surface area contributed by atoms with Crippen molar-refractivity contribution in [3.8, 4) is 0 Å². The van der Waals surface area contributed by atoms with E-state index in [0.717, 1.165) is 51.9 Å². The zero-order valence-corrected chi connectivity index (χ0v) is 17.9. The second-order valence-electron chi connectivity index (χ2n) is 7.86. The van der Waals surface area contributed by atoms with Gasteiger partial charge in [-0.3, -0.25) is 14.5 Å². The maximum absolute atomic E-state index is 13.0. The Labute approximate surface area is 182 Å². The van der Waals surface area contributed by atoms with E-state index in [1.54, 1.807) is 5.06 Å². The molecule has 0 bridgehead atoms. The van der Waals surface area contributed by atoms with E-state index in [1.165, 1.54) is 4.88 Å². The van der Waals surface area contributed by atoms with Crippen LogP contribution in [0, 0.1) is 11.8 Å². The molecule has 1 aromatic heterocycles. The summed E-state index contributed by atoms with van der Waals surface area (Å²) in [5.74, 6) is -2.23. The molecule has 0 saturated carbocycles. The standard InChI is InChI=1S/C18H26N2O3S.C2HF3O2/c21-18(20-7-1-2-9-23-20)15-6-10-22-17-5-8-19(13-16(15)17)12-14-4-3-11-24-14;3-2(4,5)1(6)7/h3-4,11,15-17H,1-2,5-10,12-13H2;(H,6,7)/t15-,16+,17-;/m1./s1. The van der Waals surface area contributed by atoms with Crippen LogP contribution < -0.4 is 0 Å². The van der Waals surface area contributed by atoms with E-state index in [4.69, 9.17) is 19.5 Å². The third-order valence-electron chi connectivity index (χ3n) is 5.72. The molecule has 3 aliphatic heterocycles. The zero-order valence-electron chi connectivity index (χ0n) is 17.1. The number of carboxylic acid groups (broad SMARTS) is 1. The molecule has 1 aromatic rings. The second-order valence-corrected chi connectivity index (χ2v) is 8.89. The van der Waals surface area contributed by atoms with Gasteiger partial charge in [0.1, 0.15) is 0 Å². The molecular formula is C20H27F3N2O5S. The number of carbonyl (C=O) groups excluding carboxylic acids is 1. The first kappa shape index (κ1) is 24.0. The highest BCUT2D eigenvalue weighted by molar-refractivity contribution is 7.09. The maximum atomic E-state index is 13.0. The summed E-state index contributed by atoms with van der Waals surface area (Å²) in [6.07, 6.45) is -0.892. The van der Waals surface area contributed by atoms with Gasteiger partial charge in [-0.2, -0.15) is 13.2 Å². The summed E-state index contributed by atoms with van der Waals surface area (Å²) in [6.45, 7) is 5.12. The molecule has 4 heterocycles. The van der Waals surface area contributed by atoms with Gasteiger partial charge in [0.05, 0.1) is 12.7 Å². The number of piperidine rings is 1. The molecule has 3 atom stereocenters. The molecule has 4 rings (SSSR count). The minimum Gasteiger partial charge on any atom is -0.475 e. The van der Waals surface area contributed by atoms with Crippen LogP contribution in [0.5, 0.6) is 0 Å². The lowest BCUT2D eigenvalue weighted by atomic mass is 9.79. The zero-order chi connectivity index (χ0) is 22.4. The first-order chi connectivity index (χ1) is 14.8. The number of hydrogen-bond acceptors (Lipinski definition) is 6. The van der Waals surface area contributed by atoms with Crippen LogP contribution in [0.25, 0.3) is 0 Å². The van der Waals surface area contributed by atoms with E-state index >= 15 is 0 Å². The van der Waals surface area contributed by atoms with Gasteiger partial charge in [-0.05, 0) is 37.1 Å². The SMILES string of the molecule is O=C(O)C(F)(F)F.O=C([C@@H]1CCO[C@@H]2CCN(Cc3cccs3)C[C@H]21)N1CCCCO1. The Morgan fingerprint density at radius 2 is 1.97 bits per heavy atom. The molecule has 1 amide bonds. The second kappa shape index (κ2) is 10.8. The molecule has 0 unspecified atom stereocenters. The predicted octanol–water partition coefficient (Wildman–Crippen LogP) is 3.16. The smallest absolute Gasteiger partial charge is 0.475 e. The van der Waals surface area contributed by atoms with Gasteiger partial charge in [-0.1, -0.05) is 6.07 Å². The molecule has 0 aliphatic carbocycles. The minimum absolute atomic E-state index is 0.0491. The van der Waals surface area contributed by atoms with Crippen molar-refractivity contribution in [3.63, 3.8) is 0 Å². The third-order valence-corrected chi connectivity index (χ3v) is 6.58. The Morgan fingerprint density at radius 1 is 1.19 bits per heavy atom. The third kappa shape index (κ3) is 6.64. The molecule has 0 spiro atoms. The summed E-state index contributed by atoms with van der Waals surface area (Å²) in [4.78, 5) is 31.4. The number of carbonyl (C=O) groups is 2. The molecule has 174 valence electrons. The van der Waals surface area contributed by atoms with E-state index in [1.807, 2.05) is 11.3 Å².